The predicted molar refractivity (Wildman–Crippen MR) is 102 cm³/mol. The maximum atomic E-state index is 13.5. The van der Waals surface area contributed by atoms with Gasteiger partial charge in [-0.1, -0.05) is 0 Å². The fourth-order valence-electron chi connectivity index (χ4n) is 4.09. The topological polar surface area (TPSA) is 76.6 Å². The summed E-state index contributed by atoms with van der Waals surface area (Å²) in [5.74, 6) is -2.77. The van der Waals surface area contributed by atoms with Crippen molar-refractivity contribution in [2.24, 2.45) is 5.92 Å². The van der Waals surface area contributed by atoms with E-state index >= 15 is 0 Å². The molecule has 4 rings (SSSR count). The molecule has 0 radical (unpaired) electrons. The van der Waals surface area contributed by atoms with E-state index in [0.717, 1.165) is 12.3 Å². The van der Waals surface area contributed by atoms with Crippen LogP contribution in [0.4, 0.5) is 8.78 Å². The van der Waals surface area contributed by atoms with Gasteiger partial charge in [-0.3, -0.25) is 14.4 Å². The molecule has 1 aromatic heterocycles. The van der Waals surface area contributed by atoms with E-state index in [4.69, 9.17) is 4.74 Å². The lowest BCUT2D eigenvalue weighted by Crippen LogP contribution is -2.48. The minimum atomic E-state index is -0.563. The van der Waals surface area contributed by atoms with Crippen molar-refractivity contribution in [2.45, 2.75) is 31.7 Å². The molecule has 0 aliphatic carbocycles. The smallest absolute Gasteiger partial charge is 0.311 e. The average molecular weight is 414 g/mol. The fraction of sp³-hybridized carbons (Fsp3) is 0.364. The molecule has 156 valence electrons. The minimum absolute atomic E-state index is 0.0120. The maximum absolute atomic E-state index is 13.5. The van der Waals surface area contributed by atoms with Crippen molar-refractivity contribution in [3.63, 3.8) is 0 Å². The first-order valence-electron chi connectivity index (χ1n) is 9.83. The van der Waals surface area contributed by atoms with Gasteiger partial charge in [0, 0.05) is 18.2 Å². The van der Waals surface area contributed by atoms with Crippen LogP contribution >= 0.6 is 0 Å². The van der Waals surface area contributed by atoms with Crippen LogP contribution in [0.1, 0.15) is 45.7 Å². The number of nitrogens with zero attached hydrogens (tertiary/aromatic N) is 2. The molecule has 30 heavy (non-hydrogen) atoms. The van der Waals surface area contributed by atoms with Gasteiger partial charge in [-0.2, -0.15) is 0 Å². The van der Waals surface area contributed by atoms with E-state index in [0.29, 0.717) is 36.8 Å². The van der Waals surface area contributed by atoms with Crippen LogP contribution in [-0.4, -0.2) is 46.7 Å². The van der Waals surface area contributed by atoms with Crippen molar-refractivity contribution < 1.29 is 27.9 Å². The highest BCUT2D eigenvalue weighted by Gasteiger charge is 2.38. The summed E-state index contributed by atoms with van der Waals surface area (Å²) in [7, 11) is 0. The van der Waals surface area contributed by atoms with E-state index < -0.39 is 30.1 Å². The molecular formula is C22H20F2N2O4. The molecule has 2 aliphatic heterocycles. The van der Waals surface area contributed by atoms with Gasteiger partial charge >= 0.3 is 5.97 Å². The van der Waals surface area contributed by atoms with Crippen LogP contribution in [0, 0.1) is 17.6 Å². The molecular weight excluding hydrogens is 394 g/mol. The van der Waals surface area contributed by atoms with Gasteiger partial charge in [-0.15, -0.1) is 0 Å². The number of rotatable bonds is 4. The number of piperidine rings is 1. The van der Waals surface area contributed by atoms with Crippen LogP contribution in [0.5, 0.6) is 0 Å². The van der Waals surface area contributed by atoms with Crippen molar-refractivity contribution in [1.29, 1.82) is 0 Å². The van der Waals surface area contributed by atoms with Crippen molar-refractivity contribution in [2.75, 3.05) is 13.2 Å². The third-order valence-corrected chi connectivity index (χ3v) is 5.70. The highest BCUT2D eigenvalue weighted by atomic mass is 19.1. The largest absolute Gasteiger partial charge is 0.457 e. The van der Waals surface area contributed by atoms with Crippen LogP contribution in [0.15, 0.2) is 36.5 Å². The first-order chi connectivity index (χ1) is 14.4. The number of halogens is 2. The molecule has 1 saturated heterocycles. The van der Waals surface area contributed by atoms with Crippen molar-refractivity contribution >= 4 is 17.7 Å². The quantitative estimate of drug-likeness (QED) is 0.568. The molecule has 0 unspecified atom stereocenters. The Labute approximate surface area is 171 Å². The third-order valence-electron chi connectivity index (χ3n) is 5.70. The normalized spacial score (nSPS) is 20.7. The zero-order chi connectivity index (χ0) is 21.3. The Balaban J connectivity index is 1.40. The summed E-state index contributed by atoms with van der Waals surface area (Å²) < 4.78 is 31.6. The molecule has 3 heterocycles. The number of aromatic nitrogens is 1. The number of Topliss-reactive ketones (excluding diaryl/α,β-unsaturated/α-hetero) is 1. The van der Waals surface area contributed by atoms with Crippen molar-refractivity contribution in [3.8, 4) is 0 Å². The van der Waals surface area contributed by atoms with Crippen molar-refractivity contribution in [1.82, 2.24) is 9.88 Å². The van der Waals surface area contributed by atoms with E-state index in [2.05, 4.69) is 4.98 Å². The van der Waals surface area contributed by atoms with Crippen LogP contribution in [-0.2, 0) is 16.0 Å². The Kier molecular flexibility index (Phi) is 5.57. The standard InChI is InChI=1S/C22H20F2N2O4/c23-15-3-7-18-13(9-15)1-5-17-6-2-14(11-26(17)21(18)28)22(29)30-12-20(27)19-8-4-16(24)10-25-19/h3-4,7-10,14,17H,1-2,5-6,11-12H2/t14-,17+/m0/s1. The summed E-state index contributed by atoms with van der Waals surface area (Å²) in [6.07, 6.45) is 3.41. The zero-order valence-corrected chi connectivity index (χ0v) is 16.1. The molecule has 8 heteroatoms. The van der Waals surface area contributed by atoms with Crippen LogP contribution in [0.2, 0.25) is 0 Å². The average Bonchev–Trinajstić information content (AvgIpc) is 2.88. The number of carbonyl (C=O) groups is 3. The van der Waals surface area contributed by atoms with Gasteiger partial charge < -0.3 is 9.64 Å². The molecule has 1 amide bonds. The van der Waals surface area contributed by atoms with E-state index in [-0.39, 0.29) is 30.0 Å². The summed E-state index contributed by atoms with van der Waals surface area (Å²) in [6.45, 7) is -0.296. The number of pyridine rings is 1. The number of hydrogen-bond donors (Lipinski definition) is 0. The Morgan fingerprint density at radius 1 is 1.10 bits per heavy atom. The molecule has 2 aliphatic rings. The van der Waals surface area contributed by atoms with Crippen LogP contribution in [0.3, 0.4) is 0 Å². The maximum Gasteiger partial charge on any atom is 0.311 e. The van der Waals surface area contributed by atoms with Gasteiger partial charge in [0.2, 0.25) is 5.78 Å². The molecule has 0 bridgehead atoms. The monoisotopic (exact) mass is 414 g/mol. The summed E-state index contributed by atoms with van der Waals surface area (Å²) >= 11 is 0. The first-order valence-corrected chi connectivity index (χ1v) is 9.83. The number of aryl methyl sites for hydroxylation is 1. The summed E-state index contributed by atoms with van der Waals surface area (Å²) in [5.41, 5.74) is 1.16. The number of ketones is 1. The molecule has 0 N–H and O–H groups in total. The van der Waals surface area contributed by atoms with Crippen LogP contribution < -0.4 is 0 Å². The lowest BCUT2D eigenvalue weighted by atomic mass is 9.91. The molecule has 2 aromatic rings. The van der Waals surface area contributed by atoms with Gasteiger partial charge in [-0.05, 0) is 61.6 Å². The van der Waals surface area contributed by atoms with E-state index in [1.54, 1.807) is 4.90 Å². The molecule has 1 fully saturated rings. The Morgan fingerprint density at radius 2 is 1.90 bits per heavy atom. The van der Waals surface area contributed by atoms with E-state index in [9.17, 15) is 23.2 Å². The van der Waals surface area contributed by atoms with Crippen molar-refractivity contribution in [3.05, 3.63) is 65.0 Å². The molecule has 0 saturated carbocycles. The number of ether oxygens (including phenoxy) is 1. The molecule has 2 atom stereocenters. The second-order valence-corrected chi connectivity index (χ2v) is 7.62. The number of amides is 1. The second-order valence-electron chi connectivity index (χ2n) is 7.62. The van der Waals surface area contributed by atoms with Gasteiger partial charge in [0.1, 0.15) is 17.3 Å². The number of hydrogen-bond acceptors (Lipinski definition) is 5. The van der Waals surface area contributed by atoms with Gasteiger partial charge in [-0.25, -0.2) is 13.8 Å². The Bertz CT molecular complexity index is 993. The molecule has 1 aromatic carbocycles. The number of carbonyl (C=O) groups excluding carboxylic acids is 3. The third kappa shape index (κ3) is 4.08. The van der Waals surface area contributed by atoms with E-state index in [1.165, 1.54) is 24.3 Å². The SMILES string of the molecule is O=C(COC(=O)[C@H]1CC[C@H]2CCc3cc(F)ccc3C(=O)N2C1)c1ccc(F)cn1. The first kappa shape index (κ1) is 20.1. The summed E-state index contributed by atoms with van der Waals surface area (Å²) in [4.78, 5) is 42.9. The molecule has 6 nitrogen and oxygen atoms in total. The number of fused-ring (bicyclic) bond motifs is 2. The fourth-order valence-corrected chi connectivity index (χ4v) is 4.09. The summed E-state index contributed by atoms with van der Waals surface area (Å²) in [5, 5.41) is 0. The predicted octanol–water partition coefficient (Wildman–Crippen LogP) is 2.95. The Morgan fingerprint density at radius 3 is 2.67 bits per heavy atom. The highest BCUT2D eigenvalue weighted by Crippen LogP contribution is 2.31. The number of benzene rings is 1. The van der Waals surface area contributed by atoms with E-state index in [1.807, 2.05) is 0 Å². The highest BCUT2D eigenvalue weighted by molar-refractivity contribution is 5.97. The summed E-state index contributed by atoms with van der Waals surface area (Å²) in [6, 6.07) is 6.48. The lowest BCUT2D eigenvalue weighted by Gasteiger charge is -2.37. The minimum Gasteiger partial charge on any atom is -0.457 e. The zero-order valence-electron chi connectivity index (χ0n) is 16.1. The van der Waals surface area contributed by atoms with Crippen LogP contribution in [0.25, 0.3) is 0 Å². The molecule has 0 spiro atoms. The second kappa shape index (κ2) is 8.30. The lowest BCUT2D eigenvalue weighted by molar-refractivity contribution is -0.149. The van der Waals surface area contributed by atoms with Gasteiger partial charge in [0.15, 0.2) is 6.61 Å². The Hall–Kier alpha value is -3.16. The van der Waals surface area contributed by atoms with Gasteiger partial charge in [0.05, 0.1) is 12.1 Å². The van der Waals surface area contributed by atoms with Gasteiger partial charge in [0.25, 0.3) is 5.91 Å². The number of esters is 1.